The number of imide groups is 1. The first-order chi connectivity index (χ1) is 8.70. The molecule has 3 aliphatic rings. The molecule has 4 heteroatoms. The minimum Gasteiger partial charge on any atom is -0.315 e. The van der Waals surface area contributed by atoms with Crippen molar-refractivity contribution in [2.75, 3.05) is 13.1 Å². The Morgan fingerprint density at radius 2 is 1.72 bits per heavy atom. The molecule has 100 valence electrons. The number of hydrogen-bond donors (Lipinski definition) is 1. The molecule has 2 heterocycles. The first-order valence-electron chi connectivity index (χ1n) is 7.26. The van der Waals surface area contributed by atoms with Crippen LogP contribution in [0.2, 0.25) is 0 Å². The van der Waals surface area contributed by atoms with Gasteiger partial charge in [-0.2, -0.15) is 0 Å². The molecule has 18 heavy (non-hydrogen) atoms. The molecule has 0 radical (unpaired) electrons. The second kappa shape index (κ2) is 4.65. The lowest BCUT2D eigenvalue weighted by Crippen LogP contribution is -2.53. The standard InChI is InChI=1S/C14H22N2O2/c17-12-8-14(5-2-1-3-6-14)9-13(18)16(12)11-4-7-15-10-11/h11,15H,1-10H2. The fourth-order valence-corrected chi connectivity index (χ4v) is 3.94. The van der Waals surface area contributed by atoms with E-state index in [0.29, 0.717) is 12.8 Å². The summed E-state index contributed by atoms with van der Waals surface area (Å²) >= 11 is 0. The predicted molar refractivity (Wildman–Crippen MR) is 67.9 cm³/mol. The van der Waals surface area contributed by atoms with Crippen LogP contribution >= 0.6 is 0 Å². The summed E-state index contributed by atoms with van der Waals surface area (Å²) in [5, 5.41) is 3.24. The molecular weight excluding hydrogens is 228 g/mol. The van der Waals surface area contributed by atoms with E-state index in [-0.39, 0.29) is 23.3 Å². The van der Waals surface area contributed by atoms with Crippen molar-refractivity contribution >= 4 is 11.8 Å². The summed E-state index contributed by atoms with van der Waals surface area (Å²) in [7, 11) is 0. The van der Waals surface area contributed by atoms with Crippen molar-refractivity contribution in [2.24, 2.45) is 5.41 Å². The van der Waals surface area contributed by atoms with E-state index in [4.69, 9.17) is 0 Å². The number of likely N-dealkylation sites (tertiary alicyclic amines) is 1. The highest BCUT2D eigenvalue weighted by atomic mass is 16.2. The third kappa shape index (κ3) is 2.07. The van der Waals surface area contributed by atoms with Gasteiger partial charge in [0.15, 0.2) is 0 Å². The molecule has 1 spiro atoms. The van der Waals surface area contributed by atoms with Gasteiger partial charge >= 0.3 is 0 Å². The van der Waals surface area contributed by atoms with Crippen molar-refractivity contribution in [1.29, 1.82) is 0 Å². The van der Waals surface area contributed by atoms with Crippen molar-refractivity contribution in [3.8, 4) is 0 Å². The van der Waals surface area contributed by atoms with Crippen LogP contribution < -0.4 is 5.32 Å². The van der Waals surface area contributed by atoms with Crippen LogP contribution in [0.4, 0.5) is 0 Å². The molecule has 3 fully saturated rings. The highest BCUT2D eigenvalue weighted by Gasteiger charge is 2.46. The van der Waals surface area contributed by atoms with Crippen LogP contribution in [0.3, 0.4) is 0 Å². The Hall–Kier alpha value is -0.900. The fraction of sp³-hybridized carbons (Fsp3) is 0.857. The first-order valence-corrected chi connectivity index (χ1v) is 7.26. The zero-order chi connectivity index (χ0) is 12.6. The van der Waals surface area contributed by atoms with Gasteiger partial charge in [-0.1, -0.05) is 19.3 Å². The van der Waals surface area contributed by atoms with Crippen LogP contribution in [0.15, 0.2) is 0 Å². The molecule has 1 aliphatic carbocycles. The Bertz CT molecular complexity index is 335. The summed E-state index contributed by atoms with van der Waals surface area (Å²) in [6.07, 6.45) is 7.91. The third-order valence-electron chi connectivity index (χ3n) is 4.90. The summed E-state index contributed by atoms with van der Waals surface area (Å²) in [6.45, 7) is 1.71. The Labute approximate surface area is 108 Å². The number of carbonyl (C=O) groups is 2. The number of piperidine rings is 1. The van der Waals surface area contributed by atoms with E-state index in [1.807, 2.05) is 0 Å². The summed E-state index contributed by atoms with van der Waals surface area (Å²) in [6, 6.07) is 0.117. The molecule has 1 atom stereocenters. The highest BCUT2D eigenvalue weighted by molar-refractivity contribution is 5.99. The third-order valence-corrected chi connectivity index (χ3v) is 4.90. The molecule has 1 unspecified atom stereocenters. The molecule has 4 nitrogen and oxygen atoms in total. The van der Waals surface area contributed by atoms with Gasteiger partial charge in [0.1, 0.15) is 0 Å². The van der Waals surface area contributed by atoms with Crippen molar-refractivity contribution in [3.63, 3.8) is 0 Å². The van der Waals surface area contributed by atoms with Gasteiger partial charge in [-0.05, 0) is 31.2 Å². The van der Waals surface area contributed by atoms with Gasteiger partial charge in [0.2, 0.25) is 11.8 Å². The predicted octanol–water partition coefficient (Wildman–Crippen LogP) is 1.45. The molecule has 1 N–H and O–H groups in total. The summed E-state index contributed by atoms with van der Waals surface area (Å²) in [4.78, 5) is 26.3. The summed E-state index contributed by atoms with van der Waals surface area (Å²) in [5.41, 5.74) is 0.0228. The van der Waals surface area contributed by atoms with Gasteiger partial charge in [-0.25, -0.2) is 0 Å². The Balaban J connectivity index is 1.74. The SMILES string of the molecule is O=C1CC2(CCCCC2)CC(=O)N1C1CCNC1. The lowest BCUT2D eigenvalue weighted by molar-refractivity contribution is -0.157. The van der Waals surface area contributed by atoms with E-state index in [9.17, 15) is 9.59 Å². The van der Waals surface area contributed by atoms with E-state index < -0.39 is 0 Å². The van der Waals surface area contributed by atoms with Crippen LogP contribution in [-0.4, -0.2) is 35.8 Å². The van der Waals surface area contributed by atoms with Gasteiger partial charge in [-0.3, -0.25) is 14.5 Å². The molecule has 3 rings (SSSR count). The van der Waals surface area contributed by atoms with Crippen molar-refractivity contribution in [3.05, 3.63) is 0 Å². The number of nitrogens with zero attached hydrogens (tertiary/aromatic N) is 1. The molecule has 0 aromatic rings. The maximum Gasteiger partial charge on any atom is 0.230 e. The zero-order valence-corrected chi connectivity index (χ0v) is 10.9. The molecular formula is C14H22N2O2. The van der Waals surface area contributed by atoms with Crippen molar-refractivity contribution in [2.45, 2.75) is 57.4 Å². The number of carbonyl (C=O) groups excluding carboxylic acids is 2. The number of rotatable bonds is 1. The van der Waals surface area contributed by atoms with Crippen LogP contribution in [0.5, 0.6) is 0 Å². The van der Waals surface area contributed by atoms with Gasteiger partial charge < -0.3 is 5.32 Å². The maximum absolute atomic E-state index is 12.3. The fourth-order valence-electron chi connectivity index (χ4n) is 3.94. The van der Waals surface area contributed by atoms with Gasteiger partial charge in [0.05, 0.1) is 6.04 Å². The smallest absolute Gasteiger partial charge is 0.230 e. The van der Waals surface area contributed by atoms with Crippen LogP contribution in [0, 0.1) is 5.41 Å². The van der Waals surface area contributed by atoms with Crippen LogP contribution in [0.1, 0.15) is 51.4 Å². The van der Waals surface area contributed by atoms with E-state index >= 15 is 0 Å². The largest absolute Gasteiger partial charge is 0.315 e. The Kier molecular flexibility index (Phi) is 3.14. The van der Waals surface area contributed by atoms with Crippen molar-refractivity contribution < 1.29 is 9.59 Å². The van der Waals surface area contributed by atoms with Crippen LogP contribution in [0.25, 0.3) is 0 Å². The first kappa shape index (κ1) is 12.2. The van der Waals surface area contributed by atoms with E-state index in [1.54, 1.807) is 4.90 Å². The van der Waals surface area contributed by atoms with Gasteiger partial charge in [0, 0.05) is 19.4 Å². The quantitative estimate of drug-likeness (QED) is 0.717. The Morgan fingerprint density at radius 3 is 2.28 bits per heavy atom. The average Bonchev–Trinajstić information content (AvgIpc) is 2.82. The number of nitrogens with one attached hydrogen (secondary N) is 1. The normalized spacial score (nSPS) is 32.2. The number of hydrogen-bond acceptors (Lipinski definition) is 3. The summed E-state index contributed by atoms with van der Waals surface area (Å²) in [5.74, 6) is 0.170. The lowest BCUT2D eigenvalue weighted by Gasteiger charge is -2.43. The van der Waals surface area contributed by atoms with Gasteiger partial charge in [0.25, 0.3) is 0 Å². The minimum atomic E-state index is 0.0228. The second-order valence-electron chi connectivity index (χ2n) is 6.22. The molecule has 2 saturated heterocycles. The van der Waals surface area contributed by atoms with Crippen molar-refractivity contribution in [1.82, 2.24) is 10.2 Å². The topological polar surface area (TPSA) is 49.4 Å². The minimum absolute atomic E-state index is 0.0228. The van der Waals surface area contributed by atoms with Gasteiger partial charge in [-0.15, -0.1) is 0 Å². The molecule has 2 amide bonds. The molecule has 2 aliphatic heterocycles. The molecule has 0 bridgehead atoms. The van der Waals surface area contributed by atoms with E-state index in [2.05, 4.69) is 5.32 Å². The highest BCUT2D eigenvalue weighted by Crippen LogP contribution is 2.45. The van der Waals surface area contributed by atoms with Crippen LogP contribution in [-0.2, 0) is 9.59 Å². The van der Waals surface area contributed by atoms with E-state index in [0.717, 1.165) is 32.4 Å². The monoisotopic (exact) mass is 250 g/mol. The zero-order valence-electron chi connectivity index (χ0n) is 10.9. The average molecular weight is 250 g/mol. The number of amides is 2. The lowest BCUT2D eigenvalue weighted by atomic mass is 9.67. The van der Waals surface area contributed by atoms with E-state index in [1.165, 1.54) is 19.3 Å². The molecule has 1 saturated carbocycles. The molecule has 0 aromatic heterocycles. The maximum atomic E-state index is 12.3. The molecule has 0 aromatic carbocycles. The second-order valence-corrected chi connectivity index (χ2v) is 6.22. The Morgan fingerprint density at radius 1 is 1.06 bits per heavy atom. The summed E-state index contributed by atoms with van der Waals surface area (Å²) < 4.78 is 0.